The van der Waals surface area contributed by atoms with Gasteiger partial charge in [0.15, 0.2) is 0 Å². The molecule has 0 aliphatic heterocycles. The Hall–Kier alpha value is -0.420. The first-order valence-corrected chi connectivity index (χ1v) is 9.39. The molecule has 0 saturated heterocycles. The van der Waals surface area contributed by atoms with Crippen LogP contribution in [0.3, 0.4) is 0 Å². The highest BCUT2D eigenvalue weighted by Gasteiger charge is 2.32. The molecule has 0 saturated carbocycles. The van der Waals surface area contributed by atoms with Gasteiger partial charge in [-0.15, -0.1) is 0 Å². The van der Waals surface area contributed by atoms with E-state index in [1.165, 1.54) is 31.8 Å². The second-order valence-corrected chi connectivity index (χ2v) is 6.89. The maximum absolute atomic E-state index is 11.0. The SMILES string of the molecule is CCCCCCCC=CC=COP(=O)(O)OP(=O)(O)O. The molecule has 0 radical (unpaired) electrons. The molecule has 1 atom stereocenters. The maximum atomic E-state index is 11.0. The zero-order valence-electron chi connectivity index (χ0n) is 11.4. The van der Waals surface area contributed by atoms with Crippen molar-refractivity contribution in [3.05, 3.63) is 24.5 Å². The summed E-state index contributed by atoms with van der Waals surface area (Å²) in [7, 11) is -9.83. The molecule has 0 fully saturated rings. The monoisotopic (exact) mass is 328 g/mol. The van der Waals surface area contributed by atoms with E-state index in [4.69, 9.17) is 14.7 Å². The minimum absolute atomic E-state index is 0.851. The van der Waals surface area contributed by atoms with Crippen molar-refractivity contribution < 1.29 is 32.6 Å². The summed E-state index contributed by atoms with van der Waals surface area (Å²) in [6.07, 6.45) is 12.5. The molecular formula is C11H22O7P2. The minimum Gasteiger partial charge on any atom is -0.412 e. The lowest BCUT2D eigenvalue weighted by molar-refractivity contribution is 0.217. The zero-order chi connectivity index (χ0) is 15.5. The Morgan fingerprint density at radius 2 is 1.65 bits per heavy atom. The number of phosphoric ester groups is 1. The van der Waals surface area contributed by atoms with Crippen molar-refractivity contribution in [2.45, 2.75) is 45.4 Å². The van der Waals surface area contributed by atoms with E-state index in [0.29, 0.717) is 0 Å². The Balaban J connectivity index is 3.80. The molecule has 0 aromatic heterocycles. The van der Waals surface area contributed by atoms with Gasteiger partial charge < -0.3 is 14.3 Å². The van der Waals surface area contributed by atoms with Crippen LogP contribution in [0.15, 0.2) is 24.5 Å². The van der Waals surface area contributed by atoms with Crippen molar-refractivity contribution in [3.63, 3.8) is 0 Å². The highest BCUT2D eigenvalue weighted by atomic mass is 31.3. The number of hydrogen-bond donors (Lipinski definition) is 3. The number of unbranched alkanes of at least 4 members (excludes halogenated alkanes) is 5. The highest BCUT2D eigenvalue weighted by Crippen LogP contribution is 2.57. The van der Waals surface area contributed by atoms with Crippen molar-refractivity contribution in [1.29, 1.82) is 0 Å². The van der Waals surface area contributed by atoms with E-state index in [2.05, 4.69) is 15.8 Å². The van der Waals surface area contributed by atoms with Gasteiger partial charge in [0, 0.05) is 0 Å². The molecule has 0 aromatic carbocycles. The van der Waals surface area contributed by atoms with Gasteiger partial charge in [0.1, 0.15) is 0 Å². The van der Waals surface area contributed by atoms with Crippen molar-refractivity contribution in [1.82, 2.24) is 0 Å². The van der Waals surface area contributed by atoms with Crippen molar-refractivity contribution in [2.24, 2.45) is 0 Å². The molecule has 0 amide bonds. The number of allylic oxidation sites excluding steroid dienone is 3. The highest BCUT2D eigenvalue weighted by molar-refractivity contribution is 7.60. The van der Waals surface area contributed by atoms with Gasteiger partial charge >= 0.3 is 15.6 Å². The molecule has 0 bridgehead atoms. The molecule has 118 valence electrons. The Kier molecular flexibility index (Phi) is 10.1. The summed E-state index contributed by atoms with van der Waals surface area (Å²) < 4.78 is 29.2. The quantitative estimate of drug-likeness (QED) is 0.230. The van der Waals surface area contributed by atoms with Gasteiger partial charge in [0.05, 0.1) is 6.26 Å². The first-order chi connectivity index (χ1) is 9.27. The summed E-state index contributed by atoms with van der Waals surface area (Å²) in [5.74, 6) is 0. The van der Waals surface area contributed by atoms with Crippen LogP contribution < -0.4 is 0 Å². The lowest BCUT2D eigenvalue weighted by Crippen LogP contribution is -1.88. The van der Waals surface area contributed by atoms with Crippen molar-refractivity contribution in [2.75, 3.05) is 0 Å². The standard InChI is InChI=1S/C11H22O7P2/c1-2-3-4-5-6-7-8-9-10-11-17-20(15,16)18-19(12,13)14/h8-11H,2-7H2,1H3,(H,15,16)(H2,12,13,14). The van der Waals surface area contributed by atoms with Gasteiger partial charge in [-0.25, -0.2) is 9.13 Å². The normalized spacial score (nSPS) is 15.8. The third-order valence-electron chi connectivity index (χ3n) is 2.20. The minimum atomic E-state index is -5.06. The van der Waals surface area contributed by atoms with E-state index in [1.807, 2.05) is 6.08 Å². The average Bonchev–Trinajstić information content (AvgIpc) is 2.28. The summed E-state index contributed by atoms with van der Waals surface area (Å²) in [6, 6.07) is 0. The Morgan fingerprint density at radius 3 is 2.25 bits per heavy atom. The summed E-state index contributed by atoms with van der Waals surface area (Å²) in [5, 5.41) is 0. The average molecular weight is 328 g/mol. The number of hydrogen-bond acceptors (Lipinski definition) is 4. The Bertz CT molecular complexity index is 400. The van der Waals surface area contributed by atoms with Crippen LogP contribution in [0, 0.1) is 0 Å². The van der Waals surface area contributed by atoms with E-state index in [9.17, 15) is 9.13 Å². The van der Waals surface area contributed by atoms with Gasteiger partial charge in [-0.1, -0.05) is 44.8 Å². The predicted octanol–water partition coefficient (Wildman–Crippen LogP) is 3.64. The van der Waals surface area contributed by atoms with Crippen LogP contribution >= 0.6 is 15.6 Å². The van der Waals surface area contributed by atoms with E-state index in [0.717, 1.165) is 19.1 Å². The smallest absolute Gasteiger partial charge is 0.412 e. The van der Waals surface area contributed by atoms with E-state index < -0.39 is 15.6 Å². The van der Waals surface area contributed by atoms with E-state index in [1.54, 1.807) is 6.08 Å². The molecule has 0 heterocycles. The second-order valence-electron chi connectivity index (χ2n) is 4.11. The Morgan fingerprint density at radius 1 is 1.00 bits per heavy atom. The molecule has 0 spiro atoms. The first kappa shape index (κ1) is 19.6. The van der Waals surface area contributed by atoms with Crippen LogP contribution in [0.1, 0.15) is 45.4 Å². The lowest BCUT2D eigenvalue weighted by atomic mass is 10.1. The fourth-order valence-electron chi connectivity index (χ4n) is 1.35. The molecule has 20 heavy (non-hydrogen) atoms. The number of phosphoric acid groups is 2. The van der Waals surface area contributed by atoms with Crippen LogP contribution in [-0.2, 0) is 18.0 Å². The molecule has 9 heteroatoms. The van der Waals surface area contributed by atoms with Crippen LogP contribution in [-0.4, -0.2) is 14.7 Å². The summed E-state index contributed by atoms with van der Waals surface area (Å²) in [4.78, 5) is 25.6. The molecule has 1 unspecified atom stereocenters. The second kappa shape index (κ2) is 10.3. The third-order valence-corrected chi connectivity index (χ3v) is 4.27. The predicted molar refractivity (Wildman–Crippen MR) is 75.7 cm³/mol. The molecule has 0 aliphatic carbocycles. The van der Waals surface area contributed by atoms with Gasteiger partial charge in [-0.3, -0.25) is 4.89 Å². The van der Waals surface area contributed by atoms with E-state index in [-0.39, 0.29) is 0 Å². The van der Waals surface area contributed by atoms with Crippen LogP contribution in [0.2, 0.25) is 0 Å². The van der Waals surface area contributed by atoms with Gasteiger partial charge in [0.25, 0.3) is 0 Å². The Labute approximate surface area is 119 Å². The van der Waals surface area contributed by atoms with Gasteiger partial charge in [-0.2, -0.15) is 4.31 Å². The van der Waals surface area contributed by atoms with Crippen LogP contribution in [0.4, 0.5) is 0 Å². The van der Waals surface area contributed by atoms with Crippen molar-refractivity contribution in [3.8, 4) is 0 Å². The van der Waals surface area contributed by atoms with Crippen LogP contribution in [0.25, 0.3) is 0 Å². The fourth-order valence-corrected chi connectivity index (χ4v) is 2.80. The van der Waals surface area contributed by atoms with E-state index >= 15 is 0 Å². The maximum Gasteiger partial charge on any atom is 0.535 e. The molecule has 0 rings (SSSR count). The fraction of sp³-hybridized carbons (Fsp3) is 0.636. The lowest BCUT2D eigenvalue weighted by Gasteiger charge is -2.09. The van der Waals surface area contributed by atoms with Gasteiger partial charge in [0.2, 0.25) is 0 Å². The summed E-state index contributed by atoms with van der Waals surface area (Å²) >= 11 is 0. The molecule has 7 nitrogen and oxygen atoms in total. The number of rotatable bonds is 11. The third kappa shape index (κ3) is 14.0. The van der Waals surface area contributed by atoms with Crippen molar-refractivity contribution >= 4 is 15.6 Å². The molecular weight excluding hydrogens is 306 g/mol. The summed E-state index contributed by atoms with van der Waals surface area (Å²) in [6.45, 7) is 2.15. The molecule has 3 N–H and O–H groups in total. The van der Waals surface area contributed by atoms with Gasteiger partial charge in [-0.05, 0) is 18.9 Å². The first-order valence-electron chi connectivity index (χ1n) is 6.36. The molecule has 0 aliphatic rings. The van der Waals surface area contributed by atoms with Crippen LogP contribution in [0.5, 0.6) is 0 Å². The largest absolute Gasteiger partial charge is 0.535 e. The topological polar surface area (TPSA) is 113 Å². The summed E-state index contributed by atoms with van der Waals surface area (Å²) in [5.41, 5.74) is 0. The zero-order valence-corrected chi connectivity index (χ0v) is 13.2. The molecule has 0 aromatic rings.